The number of benzene rings is 1. The third-order valence-corrected chi connectivity index (χ3v) is 10.2. The zero-order chi connectivity index (χ0) is 27.1. The van der Waals surface area contributed by atoms with Gasteiger partial charge in [-0.05, 0) is 67.0 Å². The van der Waals surface area contributed by atoms with Crippen LogP contribution in [0.4, 0.5) is 5.69 Å². The van der Waals surface area contributed by atoms with E-state index in [0.717, 1.165) is 80.2 Å². The molecule has 1 aliphatic carbocycles. The molecule has 38 heavy (non-hydrogen) atoms. The van der Waals surface area contributed by atoms with Crippen LogP contribution in [-0.2, 0) is 34.5 Å². The summed E-state index contributed by atoms with van der Waals surface area (Å²) in [5, 5.41) is 6.23. The second-order valence-electron chi connectivity index (χ2n) is 12.4. The summed E-state index contributed by atoms with van der Waals surface area (Å²) in [5.74, 6) is 0.919. The highest BCUT2D eigenvalue weighted by Gasteiger charge is 2.49. The van der Waals surface area contributed by atoms with Crippen LogP contribution in [0.2, 0.25) is 25.7 Å². The average Bonchev–Trinajstić information content (AvgIpc) is 3.45. The fourth-order valence-corrected chi connectivity index (χ4v) is 7.49. The molecule has 1 aromatic carbocycles. The van der Waals surface area contributed by atoms with Crippen molar-refractivity contribution in [2.75, 3.05) is 23.8 Å². The Morgan fingerprint density at radius 3 is 2.61 bits per heavy atom. The van der Waals surface area contributed by atoms with Crippen LogP contribution >= 0.6 is 12.6 Å². The van der Waals surface area contributed by atoms with Gasteiger partial charge in [0.25, 0.3) is 0 Å². The maximum atomic E-state index is 13.9. The summed E-state index contributed by atoms with van der Waals surface area (Å²) in [7, 11) is -1.11. The van der Waals surface area contributed by atoms with Crippen molar-refractivity contribution in [2.24, 2.45) is 0 Å². The van der Waals surface area contributed by atoms with Crippen molar-refractivity contribution in [2.45, 2.75) is 96.6 Å². The maximum Gasteiger partial charge on any atom is 0.237 e. The number of H-pyrrole nitrogens is 1. The fraction of sp³-hybridized carbons (Fsp3) is 0.600. The number of rotatable bonds is 11. The number of amides is 1. The number of aromatic nitrogens is 3. The molecule has 0 fully saturated rings. The number of hydrogen-bond acceptors (Lipinski definition) is 4. The fourth-order valence-electron chi connectivity index (χ4n) is 6.54. The van der Waals surface area contributed by atoms with Crippen molar-refractivity contribution in [1.29, 1.82) is 0 Å². The molecule has 2 aromatic heterocycles. The Hall–Kier alpha value is -2.03. The van der Waals surface area contributed by atoms with Crippen molar-refractivity contribution in [3.63, 3.8) is 0 Å². The molecule has 0 bridgehead atoms. The first-order valence-corrected chi connectivity index (χ1v) is 18.8. The van der Waals surface area contributed by atoms with Gasteiger partial charge in [0.05, 0.1) is 11.1 Å². The Bertz CT molecular complexity index is 1320. The van der Waals surface area contributed by atoms with Gasteiger partial charge in [0.2, 0.25) is 5.91 Å². The summed E-state index contributed by atoms with van der Waals surface area (Å²) in [6, 6.07) is 5.74. The smallest absolute Gasteiger partial charge is 0.237 e. The second kappa shape index (κ2) is 10.9. The van der Waals surface area contributed by atoms with Crippen molar-refractivity contribution >= 4 is 43.2 Å². The minimum Gasteiger partial charge on any atom is -0.360 e. The number of ether oxygens (including phenoxy) is 1. The average molecular weight is 553 g/mol. The normalized spacial score (nSPS) is 16.6. The van der Waals surface area contributed by atoms with E-state index in [-0.39, 0.29) is 5.91 Å². The van der Waals surface area contributed by atoms with Crippen LogP contribution in [-0.4, -0.2) is 47.7 Å². The number of nitrogens with zero attached hydrogens (tertiary/aromatic N) is 3. The van der Waals surface area contributed by atoms with Crippen molar-refractivity contribution < 1.29 is 9.53 Å². The first kappa shape index (κ1) is 27.5. The van der Waals surface area contributed by atoms with E-state index in [4.69, 9.17) is 9.84 Å². The molecule has 0 spiro atoms. The standard InChI is InChI=1S/C30H44N4O2SSi/c1-6-11-30(12-7-2)24-18-25-23(17-26(24)34(13-15-37)29(30)35)22-10-8-9-21-19-33(32-27(21)28(22)31-25)20-36-14-16-38(3,4)5/h17-19,31,37H,6-16,20H2,1-5H3. The lowest BCUT2D eigenvalue weighted by atomic mass is 9.74. The molecule has 8 heteroatoms. The van der Waals surface area contributed by atoms with E-state index in [1.807, 2.05) is 9.58 Å². The Morgan fingerprint density at radius 2 is 1.92 bits per heavy atom. The lowest BCUT2D eigenvalue weighted by Crippen LogP contribution is -2.41. The molecule has 2 aliphatic rings. The predicted molar refractivity (Wildman–Crippen MR) is 163 cm³/mol. The molecule has 0 atom stereocenters. The number of aryl methyl sites for hydroxylation is 2. The number of fused-ring (bicyclic) bond motifs is 6. The molecule has 1 aliphatic heterocycles. The minimum atomic E-state index is -1.11. The first-order chi connectivity index (χ1) is 18.2. The summed E-state index contributed by atoms with van der Waals surface area (Å²) in [4.78, 5) is 19.7. The van der Waals surface area contributed by atoms with E-state index < -0.39 is 13.5 Å². The van der Waals surface area contributed by atoms with Gasteiger partial charge in [-0.2, -0.15) is 17.7 Å². The molecule has 0 radical (unpaired) electrons. The van der Waals surface area contributed by atoms with Crippen LogP contribution in [0.1, 0.15) is 62.6 Å². The number of carbonyl (C=O) groups excluding carboxylic acids is 1. The summed E-state index contributed by atoms with van der Waals surface area (Å²) >= 11 is 4.50. The van der Waals surface area contributed by atoms with E-state index in [0.29, 0.717) is 19.0 Å². The number of thiol groups is 1. The van der Waals surface area contributed by atoms with E-state index in [2.05, 4.69) is 69.4 Å². The molecule has 1 amide bonds. The Balaban J connectivity index is 1.55. The number of anilines is 1. The molecule has 3 heterocycles. The predicted octanol–water partition coefficient (Wildman–Crippen LogP) is 6.95. The third-order valence-electron chi connectivity index (χ3n) is 8.33. The molecule has 3 aromatic rings. The molecular weight excluding hydrogens is 509 g/mol. The van der Waals surface area contributed by atoms with Crippen molar-refractivity contribution in [3.05, 3.63) is 35.0 Å². The van der Waals surface area contributed by atoms with Gasteiger partial charge in [-0.15, -0.1) is 0 Å². The van der Waals surface area contributed by atoms with Gasteiger partial charge < -0.3 is 14.6 Å². The molecule has 6 nitrogen and oxygen atoms in total. The van der Waals surface area contributed by atoms with Gasteiger partial charge in [-0.1, -0.05) is 46.3 Å². The van der Waals surface area contributed by atoms with Crippen molar-refractivity contribution in [3.8, 4) is 11.4 Å². The molecule has 1 N–H and O–H groups in total. The zero-order valence-corrected chi connectivity index (χ0v) is 25.7. The Labute approximate surface area is 233 Å². The van der Waals surface area contributed by atoms with E-state index in [1.165, 1.54) is 22.1 Å². The van der Waals surface area contributed by atoms with Gasteiger partial charge in [0.1, 0.15) is 12.4 Å². The molecule has 206 valence electrons. The summed E-state index contributed by atoms with van der Waals surface area (Å²) in [6.45, 7) is 13.4. The topological polar surface area (TPSA) is 63.2 Å². The van der Waals surface area contributed by atoms with E-state index in [9.17, 15) is 4.79 Å². The molecule has 5 rings (SSSR count). The highest BCUT2D eigenvalue weighted by atomic mass is 32.1. The number of nitrogens with one attached hydrogen (secondary N) is 1. The lowest BCUT2D eigenvalue weighted by Gasteiger charge is -2.28. The summed E-state index contributed by atoms with van der Waals surface area (Å²) in [5.41, 5.74) is 7.78. The minimum absolute atomic E-state index is 0.263. The Kier molecular flexibility index (Phi) is 7.86. The number of aromatic amines is 1. The number of hydrogen-bond donors (Lipinski definition) is 2. The molecule has 0 saturated heterocycles. The van der Waals surface area contributed by atoms with Crippen LogP contribution in [0.3, 0.4) is 0 Å². The molecule has 0 unspecified atom stereocenters. The SMILES string of the molecule is CCCC1(CCC)C(=O)N(CCS)c2cc3c4c([nH]c3cc21)-c1nn(COCC[Si](C)(C)C)cc1CCC4. The van der Waals surface area contributed by atoms with Crippen LogP contribution in [0.15, 0.2) is 18.3 Å². The van der Waals surface area contributed by atoms with Crippen LogP contribution in [0, 0.1) is 0 Å². The van der Waals surface area contributed by atoms with E-state index >= 15 is 0 Å². The molecule has 0 saturated carbocycles. The van der Waals surface area contributed by atoms with Gasteiger partial charge in [0, 0.05) is 49.8 Å². The van der Waals surface area contributed by atoms with Gasteiger partial charge in [-0.25, -0.2) is 4.68 Å². The second-order valence-corrected chi connectivity index (χ2v) is 18.5. The quantitative estimate of drug-likeness (QED) is 0.154. The highest BCUT2D eigenvalue weighted by molar-refractivity contribution is 7.80. The van der Waals surface area contributed by atoms with E-state index in [1.54, 1.807) is 0 Å². The molecular formula is C30H44N4O2SSi. The third kappa shape index (κ3) is 4.88. The van der Waals surface area contributed by atoms with Crippen molar-refractivity contribution in [1.82, 2.24) is 14.8 Å². The Morgan fingerprint density at radius 1 is 1.16 bits per heavy atom. The van der Waals surface area contributed by atoms with Gasteiger partial charge >= 0.3 is 0 Å². The highest BCUT2D eigenvalue weighted by Crippen LogP contribution is 2.50. The van der Waals surface area contributed by atoms with Gasteiger partial charge in [0.15, 0.2) is 0 Å². The van der Waals surface area contributed by atoms with Gasteiger partial charge in [-0.3, -0.25) is 4.79 Å². The monoisotopic (exact) mass is 552 g/mol. The maximum absolute atomic E-state index is 13.9. The van der Waals surface area contributed by atoms with Crippen LogP contribution in [0.5, 0.6) is 0 Å². The lowest BCUT2D eigenvalue weighted by molar-refractivity contribution is -0.123. The summed E-state index contributed by atoms with van der Waals surface area (Å²) < 4.78 is 7.97. The largest absolute Gasteiger partial charge is 0.360 e. The van der Waals surface area contributed by atoms with Crippen LogP contribution < -0.4 is 4.90 Å². The first-order valence-electron chi connectivity index (χ1n) is 14.5. The number of carbonyl (C=O) groups is 1. The zero-order valence-electron chi connectivity index (χ0n) is 23.8. The van der Waals surface area contributed by atoms with Crippen LogP contribution in [0.25, 0.3) is 22.3 Å². The summed E-state index contributed by atoms with van der Waals surface area (Å²) in [6.07, 6.45) is 9.01.